The van der Waals surface area contributed by atoms with Gasteiger partial charge in [-0.05, 0) is 44.2 Å². The zero-order chi connectivity index (χ0) is 23.2. The maximum absolute atomic E-state index is 13.5. The number of amidine groups is 1. The van der Waals surface area contributed by atoms with Crippen LogP contribution in [0, 0.1) is 12.7 Å². The third kappa shape index (κ3) is 3.71. The first-order valence-electron chi connectivity index (χ1n) is 10.7. The van der Waals surface area contributed by atoms with E-state index in [4.69, 9.17) is 14.3 Å². The molecule has 3 heterocycles. The summed E-state index contributed by atoms with van der Waals surface area (Å²) in [6.45, 7) is 6.42. The Morgan fingerprint density at radius 2 is 1.97 bits per heavy atom. The van der Waals surface area contributed by atoms with Crippen molar-refractivity contribution in [1.82, 2.24) is 14.5 Å². The number of hydrogen-bond donors (Lipinski definition) is 0. The number of imidazole rings is 1. The van der Waals surface area contributed by atoms with Crippen LogP contribution in [0.4, 0.5) is 4.39 Å². The highest BCUT2D eigenvalue weighted by molar-refractivity contribution is 5.99. The number of nitrogens with zero attached hydrogens (tertiary/aromatic N) is 4. The van der Waals surface area contributed by atoms with Gasteiger partial charge in [0, 0.05) is 30.3 Å². The monoisotopic (exact) mass is 448 g/mol. The van der Waals surface area contributed by atoms with Crippen LogP contribution in [0.5, 0.6) is 5.75 Å². The van der Waals surface area contributed by atoms with Crippen molar-refractivity contribution in [3.05, 3.63) is 83.7 Å². The average molecular weight is 448 g/mol. The maximum Gasteiger partial charge on any atom is 0.234 e. The minimum Gasteiger partial charge on any atom is -0.495 e. The summed E-state index contributed by atoms with van der Waals surface area (Å²) in [6.07, 6.45) is 5.43. The number of oxime groups is 1. The van der Waals surface area contributed by atoms with Crippen LogP contribution in [0.25, 0.3) is 11.4 Å². The van der Waals surface area contributed by atoms with Gasteiger partial charge in [0.05, 0.1) is 31.4 Å². The Kier molecular flexibility index (Phi) is 5.08. The van der Waals surface area contributed by atoms with E-state index in [-0.39, 0.29) is 11.9 Å². The number of aromatic nitrogens is 2. The Hall–Kier alpha value is -3.81. The lowest BCUT2D eigenvalue weighted by Gasteiger charge is -2.34. The van der Waals surface area contributed by atoms with Gasteiger partial charge in [0.25, 0.3) is 0 Å². The summed E-state index contributed by atoms with van der Waals surface area (Å²) in [5.41, 5.74) is 2.63. The molecule has 2 atom stereocenters. The fourth-order valence-corrected chi connectivity index (χ4v) is 4.20. The van der Waals surface area contributed by atoms with Gasteiger partial charge in [0.1, 0.15) is 23.4 Å². The Bertz CT molecular complexity index is 1250. The van der Waals surface area contributed by atoms with Gasteiger partial charge in [-0.25, -0.2) is 9.37 Å². The van der Waals surface area contributed by atoms with E-state index in [0.29, 0.717) is 23.9 Å². The van der Waals surface area contributed by atoms with Crippen LogP contribution in [-0.2, 0) is 15.3 Å². The normalized spacial score (nSPS) is 22.0. The van der Waals surface area contributed by atoms with E-state index in [1.54, 1.807) is 25.6 Å². The fourth-order valence-electron chi connectivity index (χ4n) is 4.20. The number of benzene rings is 2. The molecule has 2 aliphatic heterocycles. The van der Waals surface area contributed by atoms with Crippen LogP contribution in [0.3, 0.4) is 0 Å². The van der Waals surface area contributed by atoms with Crippen LogP contribution in [0.15, 0.2) is 66.2 Å². The van der Waals surface area contributed by atoms with Crippen molar-refractivity contribution in [1.29, 1.82) is 0 Å². The van der Waals surface area contributed by atoms with Crippen molar-refractivity contribution in [3.63, 3.8) is 0 Å². The summed E-state index contributed by atoms with van der Waals surface area (Å²) in [7, 11) is 1.64. The first-order chi connectivity index (χ1) is 15.9. The standard InChI is InChI=1S/C25H25FN4O3/c1-16-13-29(15-27-16)21-10-5-18(11-23(21)31-4)22-12-24-28-33-25(3,30(24)14-17(2)32-22)19-6-8-20(26)9-7-19/h5-13,15,17H,14H2,1-4H3/t17-,25+/m0/s1. The molecule has 2 aromatic carbocycles. The van der Waals surface area contributed by atoms with Crippen molar-refractivity contribution < 1.29 is 18.7 Å². The lowest BCUT2D eigenvalue weighted by molar-refractivity contribution is -0.0975. The summed E-state index contributed by atoms with van der Waals surface area (Å²) in [4.78, 5) is 12.2. The lowest BCUT2D eigenvalue weighted by Crippen LogP contribution is -2.46. The Labute approximate surface area is 191 Å². The predicted octanol–water partition coefficient (Wildman–Crippen LogP) is 4.61. The van der Waals surface area contributed by atoms with Gasteiger partial charge in [-0.1, -0.05) is 17.3 Å². The highest BCUT2D eigenvalue weighted by atomic mass is 19.1. The molecule has 170 valence electrons. The van der Waals surface area contributed by atoms with E-state index in [0.717, 1.165) is 22.5 Å². The summed E-state index contributed by atoms with van der Waals surface area (Å²) < 4.78 is 27.3. The second-order valence-corrected chi connectivity index (χ2v) is 8.39. The number of fused-ring (bicyclic) bond motifs is 1. The van der Waals surface area contributed by atoms with E-state index in [1.165, 1.54) is 12.1 Å². The van der Waals surface area contributed by atoms with Crippen LogP contribution in [0.1, 0.15) is 30.7 Å². The fraction of sp³-hybridized carbons (Fsp3) is 0.280. The van der Waals surface area contributed by atoms with Crippen LogP contribution < -0.4 is 4.74 Å². The molecule has 0 bridgehead atoms. The van der Waals surface area contributed by atoms with Crippen LogP contribution >= 0.6 is 0 Å². The molecule has 2 aliphatic rings. The summed E-state index contributed by atoms with van der Waals surface area (Å²) in [5, 5.41) is 4.34. The number of rotatable bonds is 4. The molecule has 0 saturated heterocycles. The number of ether oxygens (including phenoxy) is 2. The third-order valence-corrected chi connectivity index (χ3v) is 5.97. The largest absolute Gasteiger partial charge is 0.495 e. The second kappa shape index (κ2) is 7.95. The van der Waals surface area contributed by atoms with E-state index in [2.05, 4.69) is 10.1 Å². The van der Waals surface area contributed by atoms with Crippen molar-refractivity contribution in [2.24, 2.45) is 5.16 Å². The van der Waals surface area contributed by atoms with Gasteiger partial charge in [-0.3, -0.25) is 0 Å². The smallest absolute Gasteiger partial charge is 0.234 e. The molecule has 0 radical (unpaired) electrons. The number of aryl methyl sites for hydroxylation is 1. The minimum atomic E-state index is -0.854. The first kappa shape index (κ1) is 21.1. The van der Waals surface area contributed by atoms with Gasteiger partial charge in [-0.15, -0.1) is 0 Å². The Morgan fingerprint density at radius 1 is 1.18 bits per heavy atom. The molecule has 5 rings (SSSR count). The van der Waals surface area contributed by atoms with E-state index in [1.807, 2.05) is 60.7 Å². The molecule has 8 heteroatoms. The number of halogens is 1. The SMILES string of the molecule is COc1cc(C2=CC3=NO[C@](C)(c4ccc(F)cc4)N3C[C@H](C)O2)ccc1-n1cnc(C)c1. The molecule has 0 unspecified atom stereocenters. The summed E-state index contributed by atoms with van der Waals surface area (Å²) in [5.74, 6) is 1.72. The molecule has 0 spiro atoms. The lowest BCUT2D eigenvalue weighted by atomic mass is 10.0. The van der Waals surface area contributed by atoms with Crippen LogP contribution in [0.2, 0.25) is 0 Å². The summed E-state index contributed by atoms with van der Waals surface area (Å²) in [6, 6.07) is 12.2. The summed E-state index contributed by atoms with van der Waals surface area (Å²) >= 11 is 0. The zero-order valence-corrected chi connectivity index (χ0v) is 18.9. The van der Waals surface area contributed by atoms with Gasteiger partial charge in [0.15, 0.2) is 5.84 Å². The quantitative estimate of drug-likeness (QED) is 0.584. The molecule has 3 aromatic rings. The van der Waals surface area contributed by atoms with Crippen molar-refractivity contribution in [2.75, 3.05) is 13.7 Å². The van der Waals surface area contributed by atoms with E-state index in [9.17, 15) is 4.39 Å². The third-order valence-electron chi connectivity index (χ3n) is 5.97. The van der Waals surface area contributed by atoms with Crippen LogP contribution in [-0.4, -0.2) is 40.0 Å². The van der Waals surface area contributed by atoms with E-state index < -0.39 is 5.72 Å². The minimum absolute atomic E-state index is 0.146. The molecule has 33 heavy (non-hydrogen) atoms. The molecule has 0 saturated carbocycles. The number of methoxy groups -OCH3 is 1. The van der Waals surface area contributed by atoms with Gasteiger partial charge in [0.2, 0.25) is 5.72 Å². The molecular weight excluding hydrogens is 423 g/mol. The molecule has 1 aromatic heterocycles. The average Bonchev–Trinajstić information content (AvgIpc) is 3.32. The maximum atomic E-state index is 13.5. The van der Waals surface area contributed by atoms with Crippen molar-refractivity contribution in [2.45, 2.75) is 32.6 Å². The van der Waals surface area contributed by atoms with Crippen molar-refractivity contribution in [3.8, 4) is 11.4 Å². The molecule has 7 nitrogen and oxygen atoms in total. The van der Waals surface area contributed by atoms with Gasteiger partial charge in [-0.2, -0.15) is 0 Å². The molecule has 0 N–H and O–H groups in total. The molecular formula is C25H25FN4O3. The van der Waals surface area contributed by atoms with Gasteiger partial charge >= 0.3 is 0 Å². The van der Waals surface area contributed by atoms with E-state index >= 15 is 0 Å². The first-order valence-corrected chi connectivity index (χ1v) is 10.7. The number of hydrogen-bond acceptors (Lipinski definition) is 6. The van der Waals surface area contributed by atoms with Gasteiger partial charge < -0.3 is 23.8 Å². The molecule has 0 fully saturated rings. The Balaban J connectivity index is 1.50. The second-order valence-electron chi connectivity index (χ2n) is 8.39. The topological polar surface area (TPSA) is 61.1 Å². The van der Waals surface area contributed by atoms with Crippen molar-refractivity contribution >= 4 is 11.6 Å². The highest BCUT2D eigenvalue weighted by Gasteiger charge is 2.45. The Morgan fingerprint density at radius 3 is 2.67 bits per heavy atom. The predicted molar refractivity (Wildman–Crippen MR) is 122 cm³/mol. The molecule has 0 aliphatic carbocycles. The highest BCUT2D eigenvalue weighted by Crippen LogP contribution is 2.38. The molecule has 0 amide bonds. The zero-order valence-electron chi connectivity index (χ0n) is 18.9.